The minimum absolute atomic E-state index is 0.179. The summed E-state index contributed by atoms with van der Waals surface area (Å²) in [5, 5.41) is 9.00. The maximum absolute atomic E-state index is 13.7. The van der Waals surface area contributed by atoms with Gasteiger partial charge in [0.25, 0.3) is 5.88 Å². The highest BCUT2D eigenvalue weighted by molar-refractivity contribution is 6.30. The molecule has 25 heavy (non-hydrogen) atoms. The monoisotopic (exact) mass is 359 g/mol. The molecule has 0 bridgehead atoms. The number of rotatable bonds is 5. The Kier molecular flexibility index (Phi) is 4.85. The summed E-state index contributed by atoms with van der Waals surface area (Å²) in [6.07, 6.45) is 2.60. The van der Waals surface area contributed by atoms with Gasteiger partial charge in [-0.25, -0.2) is 19.3 Å². The molecule has 126 valence electrons. The first kappa shape index (κ1) is 16.8. The zero-order valence-corrected chi connectivity index (χ0v) is 13.4. The summed E-state index contributed by atoms with van der Waals surface area (Å²) < 4.78 is 19.1. The summed E-state index contributed by atoms with van der Waals surface area (Å²) in [4.78, 5) is 22.9. The summed E-state index contributed by atoms with van der Waals surface area (Å²) in [6.45, 7) is 0. The van der Waals surface area contributed by atoms with Crippen molar-refractivity contribution in [3.8, 4) is 23.0 Å². The summed E-state index contributed by atoms with van der Waals surface area (Å²) >= 11 is 5.64. The third-order valence-electron chi connectivity index (χ3n) is 3.15. The van der Waals surface area contributed by atoms with Gasteiger partial charge in [-0.15, -0.1) is 0 Å². The number of aliphatic carboxylic acids is 1. The van der Waals surface area contributed by atoms with Crippen LogP contribution in [0.4, 0.5) is 4.39 Å². The third-order valence-corrected chi connectivity index (χ3v) is 3.35. The van der Waals surface area contributed by atoms with Gasteiger partial charge in [0.15, 0.2) is 11.6 Å². The van der Waals surface area contributed by atoms with E-state index in [1.54, 1.807) is 30.3 Å². The van der Waals surface area contributed by atoms with Crippen LogP contribution < -0.4 is 4.74 Å². The highest BCUT2D eigenvalue weighted by Crippen LogP contribution is 2.26. The van der Waals surface area contributed by atoms with Crippen molar-refractivity contribution in [3.63, 3.8) is 0 Å². The smallest absolute Gasteiger partial charge is 0.309 e. The molecule has 0 saturated carbocycles. The predicted molar refractivity (Wildman–Crippen MR) is 88.1 cm³/mol. The molecule has 1 N–H and O–H groups in total. The van der Waals surface area contributed by atoms with Gasteiger partial charge in [-0.2, -0.15) is 0 Å². The maximum Gasteiger partial charge on any atom is 0.309 e. The SMILES string of the molecule is O=C(O)Cc1ccnc(-c2ccc(Oc3ncc(Cl)cc3F)cc2)n1. The number of nitrogens with zero attached hydrogens (tertiary/aromatic N) is 3. The molecule has 6 nitrogen and oxygen atoms in total. The van der Waals surface area contributed by atoms with Crippen molar-refractivity contribution >= 4 is 17.6 Å². The first-order valence-electron chi connectivity index (χ1n) is 7.14. The summed E-state index contributed by atoms with van der Waals surface area (Å²) in [5.74, 6) is -1.05. The number of halogens is 2. The molecule has 8 heteroatoms. The molecule has 2 aromatic heterocycles. The molecule has 0 spiro atoms. The van der Waals surface area contributed by atoms with E-state index in [0.29, 0.717) is 22.8 Å². The lowest BCUT2D eigenvalue weighted by Crippen LogP contribution is -2.03. The lowest BCUT2D eigenvalue weighted by Gasteiger charge is -2.07. The molecule has 0 unspecified atom stereocenters. The van der Waals surface area contributed by atoms with Crippen molar-refractivity contribution in [2.24, 2.45) is 0 Å². The van der Waals surface area contributed by atoms with E-state index in [1.165, 1.54) is 12.4 Å². The van der Waals surface area contributed by atoms with Gasteiger partial charge in [0.05, 0.1) is 17.1 Å². The largest absolute Gasteiger partial charge is 0.481 e. The van der Waals surface area contributed by atoms with E-state index in [4.69, 9.17) is 21.4 Å². The first-order valence-corrected chi connectivity index (χ1v) is 7.52. The van der Waals surface area contributed by atoms with Crippen LogP contribution in [0.2, 0.25) is 5.02 Å². The fourth-order valence-corrected chi connectivity index (χ4v) is 2.19. The highest BCUT2D eigenvalue weighted by atomic mass is 35.5. The van der Waals surface area contributed by atoms with E-state index in [-0.39, 0.29) is 17.3 Å². The quantitative estimate of drug-likeness (QED) is 0.746. The van der Waals surface area contributed by atoms with Crippen LogP contribution in [0.25, 0.3) is 11.4 Å². The minimum Gasteiger partial charge on any atom is -0.481 e. The average molecular weight is 360 g/mol. The number of hydrogen-bond acceptors (Lipinski definition) is 5. The van der Waals surface area contributed by atoms with Crippen LogP contribution in [0, 0.1) is 5.82 Å². The van der Waals surface area contributed by atoms with Crippen LogP contribution >= 0.6 is 11.6 Å². The van der Waals surface area contributed by atoms with Crippen molar-refractivity contribution in [2.75, 3.05) is 0 Å². The summed E-state index contributed by atoms with van der Waals surface area (Å²) in [7, 11) is 0. The Hall–Kier alpha value is -3.06. The fraction of sp³-hybridized carbons (Fsp3) is 0.0588. The zero-order valence-electron chi connectivity index (χ0n) is 12.7. The van der Waals surface area contributed by atoms with Crippen LogP contribution in [-0.4, -0.2) is 26.0 Å². The number of carboxylic acid groups (broad SMARTS) is 1. The number of ether oxygens (including phenoxy) is 1. The lowest BCUT2D eigenvalue weighted by molar-refractivity contribution is -0.136. The number of pyridine rings is 1. The Morgan fingerprint density at radius 3 is 2.64 bits per heavy atom. The minimum atomic E-state index is -0.967. The van der Waals surface area contributed by atoms with Crippen molar-refractivity contribution in [1.82, 2.24) is 15.0 Å². The topological polar surface area (TPSA) is 85.2 Å². The van der Waals surface area contributed by atoms with E-state index in [0.717, 1.165) is 6.07 Å². The molecule has 0 atom stereocenters. The molecule has 0 aliphatic carbocycles. The number of carbonyl (C=O) groups is 1. The second-order valence-corrected chi connectivity index (χ2v) is 5.45. The van der Waals surface area contributed by atoms with Gasteiger partial charge in [0.1, 0.15) is 5.75 Å². The second kappa shape index (κ2) is 7.23. The molecule has 0 amide bonds. The highest BCUT2D eigenvalue weighted by Gasteiger charge is 2.09. The number of aromatic nitrogens is 3. The summed E-state index contributed by atoms with van der Waals surface area (Å²) in [5.41, 5.74) is 1.08. The van der Waals surface area contributed by atoms with Gasteiger partial charge in [-0.1, -0.05) is 11.6 Å². The van der Waals surface area contributed by atoms with E-state index in [2.05, 4.69) is 15.0 Å². The average Bonchev–Trinajstić information content (AvgIpc) is 2.58. The normalized spacial score (nSPS) is 10.5. The number of carboxylic acids is 1. The number of benzene rings is 1. The van der Waals surface area contributed by atoms with Crippen molar-refractivity contribution in [2.45, 2.75) is 6.42 Å². The Bertz CT molecular complexity index is 919. The van der Waals surface area contributed by atoms with E-state index >= 15 is 0 Å². The molecule has 0 aliphatic rings. The van der Waals surface area contributed by atoms with Crippen LogP contribution in [-0.2, 0) is 11.2 Å². The van der Waals surface area contributed by atoms with E-state index in [9.17, 15) is 9.18 Å². The van der Waals surface area contributed by atoms with Gasteiger partial charge >= 0.3 is 5.97 Å². The molecule has 0 saturated heterocycles. The van der Waals surface area contributed by atoms with Crippen LogP contribution in [0.15, 0.2) is 48.8 Å². The fourth-order valence-electron chi connectivity index (χ4n) is 2.05. The Morgan fingerprint density at radius 2 is 1.96 bits per heavy atom. The molecule has 0 aliphatic heterocycles. The molecule has 1 aromatic carbocycles. The Balaban J connectivity index is 1.79. The lowest BCUT2D eigenvalue weighted by atomic mass is 10.2. The predicted octanol–water partition coefficient (Wildman–Crippen LogP) is 3.75. The van der Waals surface area contributed by atoms with E-state index < -0.39 is 11.8 Å². The van der Waals surface area contributed by atoms with Crippen LogP contribution in [0.5, 0.6) is 11.6 Å². The second-order valence-electron chi connectivity index (χ2n) is 5.01. The van der Waals surface area contributed by atoms with Gasteiger partial charge in [0.2, 0.25) is 0 Å². The Labute approximate surface area is 146 Å². The molecule has 3 aromatic rings. The summed E-state index contributed by atoms with van der Waals surface area (Å²) in [6, 6.07) is 9.24. The van der Waals surface area contributed by atoms with E-state index in [1.807, 2.05) is 0 Å². The standard InChI is InChI=1S/C17H11ClFN3O3/c18-11-7-14(19)17(21-9-11)25-13-3-1-10(2-4-13)16-20-6-5-12(22-16)8-15(23)24/h1-7,9H,8H2,(H,23,24). The van der Waals surface area contributed by atoms with Gasteiger partial charge in [0, 0.05) is 18.0 Å². The molecule has 0 fully saturated rings. The first-order chi connectivity index (χ1) is 12.0. The van der Waals surface area contributed by atoms with Crippen molar-refractivity contribution in [3.05, 3.63) is 65.3 Å². The van der Waals surface area contributed by atoms with Gasteiger partial charge < -0.3 is 9.84 Å². The molecule has 3 rings (SSSR count). The Morgan fingerprint density at radius 1 is 1.20 bits per heavy atom. The van der Waals surface area contributed by atoms with Gasteiger partial charge in [-0.3, -0.25) is 4.79 Å². The molecule has 0 radical (unpaired) electrons. The van der Waals surface area contributed by atoms with Gasteiger partial charge in [-0.05, 0) is 36.4 Å². The van der Waals surface area contributed by atoms with Crippen LogP contribution in [0.1, 0.15) is 5.69 Å². The van der Waals surface area contributed by atoms with Crippen LogP contribution in [0.3, 0.4) is 0 Å². The molecular formula is C17H11ClFN3O3. The van der Waals surface area contributed by atoms with Crippen molar-refractivity contribution < 1.29 is 19.0 Å². The zero-order chi connectivity index (χ0) is 17.8. The maximum atomic E-state index is 13.7. The van der Waals surface area contributed by atoms with Crippen molar-refractivity contribution in [1.29, 1.82) is 0 Å². The molecule has 2 heterocycles. The third kappa shape index (κ3) is 4.27. The molecular weight excluding hydrogens is 349 g/mol. The number of hydrogen-bond donors (Lipinski definition) is 1.